The number of rotatable bonds is 7. The molecule has 0 heterocycles. The summed E-state index contributed by atoms with van der Waals surface area (Å²) in [6, 6.07) is 11.1. The average Bonchev–Trinajstić information content (AvgIpc) is 2.76. The van der Waals surface area contributed by atoms with Crippen molar-refractivity contribution in [3.63, 3.8) is 0 Å². The minimum absolute atomic E-state index is 0. The van der Waals surface area contributed by atoms with E-state index in [1.807, 2.05) is 0 Å². The van der Waals surface area contributed by atoms with Crippen molar-refractivity contribution < 1.29 is 57.7 Å². The molecule has 0 saturated carbocycles. The van der Waals surface area contributed by atoms with Crippen LogP contribution in [0.3, 0.4) is 0 Å². The smallest absolute Gasteiger partial charge is 1.00 e. The second kappa shape index (κ2) is 13.8. The third kappa shape index (κ3) is 7.50. The van der Waals surface area contributed by atoms with Crippen molar-refractivity contribution in [2.24, 2.45) is 0 Å². The zero-order valence-corrected chi connectivity index (χ0v) is 19.2. The van der Waals surface area contributed by atoms with Crippen molar-refractivity contribution in [1.29, 1.82) is 0 Å². The summed E-state index contributed by atoms with van der Waals surface area (Å²) in [5.74, 6) is 0. The van der Waals surface area contributed by atoms with Gasteiger partial charge in [0.05, 0.1) is 0 Å². The van der Waals surface area contributed by atoms with E-state index in [9.17, 15) is 0 Å². The Labute approximate surface area is 174 Å². The summed E-state index contributed by atoms with van der Waals surface area (Å²) in [6.45, 7) is 4.62. The summed E-state index contributed by atoms with van der Waals surface area (Å²) in [7, 11) is -0.246. The van der Waals surface area contributed by atoms with Crippen molar-refractivity contribution in [3.05, 3.63) is 50.6 Å². The number of hydrogen-bond acceptors (Lipinski definition) is 0. The van der Waals surface area contributed by atoms with Crippen LogP contribution in [0.4, 0.5) is 0 Å². The Kier molecular flexibility index (Phi) is 15.4. The van der Waals surface area contributed by atoms with E-state index in [0.29, 0.717) is 0 Å². The van der Waals surface area contributed by atoms with Crippen LogP contribution in [0, 0.1) is 0 Å². The molecule has 1 aliphatic carbocycles. The number of benzene rings is 1. The summed E-state index contributed by atoms with van der Waals surface area (Å²) in [5.41, 5.74) is 3.46. The van der Waals surface area contributed by atoms with Gasteiger partial charge in [0.1, 0.15) is 0 Å². The normalized spacial score (nSPS) is 13.9. The van der Waals surface area contributed by atoms with Crippen molar-refractivity contribution in [2.45, 2.75) is 52.4 Å². The fraction of sp³-hybridized carbons (Fsp3) is 0.444. The average molecular weight is 424 g/mol. The van der Waals surface area contributed by atoms with Gasteiger partial charge in [-0.2, -0.15) is 0 Å². The number of allylic oxidation sites excluding steroid dienone is 4. The molecule has 0 bridgehead atoms. The molecule has 23 heavy (non-hydrogen) atoms. The summed E-state index contributed by atoms with van der Waals surface area (Å²) in [4.78, 5) is 0. The molecule has 0 saturated heterocycles. The van der Waals surface area contributed by atoms with Crippen LogP contribution in [0.5, 0.6) is 0 Å². The van der Waals surface area contributed by atoms with E-state index in [1.54, 1.807) is 25.4 Å². The van der Waals surface area contributed by atoms with Gasteiger partial charge < -0.3 is 37.2 Å². The van der Waals surface area contributed by atoms with Gasteiger partial charge in [-0.05, 0) is 0 Å². The number of hydrogen-bond donors (Lipinski definition) is 0. The molecule has 0 spiro atoms. The van der Waals surface area contributed by atoms with Crippen LogP contribution in [0.15, 0.2) is 50.6 Å². The quantitative estimate of drug-likeness (QED) is 0.304. The van der Waals surface area contributed by atoms with Crippen LogP contribution < -0.4 is 42.4 Å². The molecule has 0 radical (unpaired) electrons. The molecule has 0 aromatic heterocycles. The molecule has 0 fully saturated rings. The summed E-state index contributed by atoms with van der Waals surface area (Å²) >= 11 is 2.37. The zero-order valence-electron chi connectivity index (χ0n) is 14.0. The Balaban J connectivity index is 0. The molecule has 5 heteroatoms. The number of unbranched alkanes of at least 4 members (excludes halogenated alkanes) is 2. The first-order valence-corrected chi connectivity index (χ1v) is 10.1. The van der Waals surface area contributed by atoms with Gasteiger partial charge in [0, 0.05) is 0 Å². The molecule has 1 aromatic carbocycles. The van der Waals surface area contributed by atoms with Crippen molar-refractivity contribution in [2.75, 3.05) is 0 Å². The van der Waals surface area contributed by atoms with Crippen molar-refractivity contribution in [1.82, 2.24) is 0 Å². The predicted octanol–water partition coefficient (Wildman–Crippen LogP) is -5.06. The van der Waals surface area contributed by atoms with Gasteiger partial charge in [0.25, 0.3) is 0 Å². The molecule has 0 aliphatic heterocycles. The van der Waals surface area contributed by atoms with Gasteiger partial charge in [-0.15, -0.1) is 0 Å². The van der Waals surface area contributed by atoms with Gasteiger partial charge in [-0.1, -0.05) is 0 Å². The van der Waals surface area contributed by atoms with Crippen LogP contribution >= 0.6 is 0 Å². The van der Waals surface area contributed by atoms with Gasteiger partial charge >= 0.3 is 138 Å². The minimum Gasteiger partial charge on any atom is -1.00 e. The SMILES string of the molecule is CCCCCC1=C(CC)[C]([Ti+3])=C([SiH2]c2ccccc2)C1.[Cl-].[Cl-].[Cl-]. The Hall–Kier alpha value is 0.501. The Bertz CT molecular complexity index is 512. The molecule has 0 N–H and O–H groups in total. The largest absolute Gasteiger partial charge is 1.00 e. The number of halogens is 3. The van der Waals surface area contributed by atoms with E-state index in [1.165, 1.54) is 38.5 Å². The van der Waals surface area contributed by atoms with Gasteiger partial charge in [-0.25, -0.2) is 0 Å². The molecule has 1 aromatic rings. The Morgan fingerprint density at radius 2 is 1.65 bits per heavy atom. The van der Waals surface area contributed by atoms with Gasteiger partial charge in [0.2, 0.25) is 0 Å². The third-order valence-corrected chi connectivity index (χ3v) is 7.69. The standard InChI is InChI=1S/C18H25Si.3ClH.Ti/c1-3-5-7-10-16-14-18(13-15(16)4-2)19-17-11-8-6-9-12-17;;;;/h6,8-9,11-12H,3-5,7,10,14,19H2,1-2H3;3*1H;/q;;;;+3/p-3. The van der Waals surface area contributed by atoms with Crippen molar-refractivity contribution in [3.8, 4) is 0 Å². The van der Waals surface area contributed by atoms with E-state index < -0.39 is 0 Å². The minimum atomic E-state index is -0.246. The van der Waals surface area contributed by atoms with E-state index in [-0.39, 0.29) is 46.7 Å². The topological polar surface area (TPSA) is 0 Å². The Morgan fingerprint density at radius 3 is 2.22 bits per heavy atom. The molecule has 126 valence electrons. The summed E-state index contributed by atoms with van der Waals surface area (Å²) in [5, 5.41) is 3.38. The van der Waals surface area contributed by atoms with E-state index in [0.717, 1.165) is 0 Å². The van der Waals surface area contributed by atoms with E-state index >= 15 is 0 Å². The summed E-state index contributed by atoms with van der Waals surface area (Å²) in [6.07, 6.45) is 7.93. The molecular weight excluding hydrogens is 399 g/mol. The molecule has 0 atom stereocenters. The maximum Gasteiger partial charge on any atom is -1.00 e. The first kappa shape index (κ1) is 25.7. The second-order valence-corrected chi connectivity index (χ2v) is 8.51. The first-order valence-electron chi connectivity index (χ1n) is 7.95. The maximum absolute atomic E-state index is 2.37. The third-order valence-electron chi connectivity index (χ3n) is 4.20. The summed E-state index contributed by atoms with van der Waals surface area (Å²) < 4.78 is 1.65. The van der Waals surface area contributed by atoms with Crippen LogP contribution in [0.1, 0.15) is 52.4 Å². The van der Waals surface area contributed by atoms with Crippen LogP contribution in [-0.4, -0.2) is 9.52 Å². The van der Waals surface area contributed by atoms with Gasteiger partial charge in [0.15, 0.2) is 0 Å². The van der Waals surface area contributed by atoms with Gasteiger partial charge in [-0.3, -0.25) is 0 Å². The van der Waals surface area contributed by atoms with E-state index in [4.69, 9.17) is 0 Å². The first-order chi connectivity index (χ1) is 9.76. The second-order valence-electron chi connectivity index (χ2n) is 5.71. The fourth-order valence-corrected chi connectivity index (χ4v) is 6.01. The molecule has 1 aliphatic rings. The zero-order chi connectivity index (χ0) is 14.4. The van der Waals surface area contributed by atoms with E-state index in [2.05, 4.69) is 64.6 Å². The maximum atomic E-state index is 2.37. The monoisotopic (exact) mass is 422 g/mol. The molecule has 0 amide bonds. The fourth-order valence-electron chi connectivity index (χ4n) is 3.09. The van der Waals surface area contributed by atoms with Crippen LogP contribution in [-0.2, 0) is 20.4 Å². The predicted molar refractivity (Wildman–Crippen MR) is 87.7 cm³/mol. The Morgan fingerprint density at radius 1 is 1.00 bits per heavy atom. The van der Waals surface area contributed by atoms with Crippen LogP contribution in [0.2, 0.25) is 0 Å². The van der Waals surface area contributed by atoms with Crippen LogP contribution in [0.25, 0.3) is 0 Å². The molecule has 0 unspecified atom stereocenters. The molecular formula is C18H25Cl3SiTi. The molecule has 2 rings (SSSR count). The van der Waals surface area contributed by atoms with Crippen molar-refractivity contribution >= 4 is 14.7 Å². The molecule has 0 nitrogen and oxygen atoms in total.